The van der Waals surface area contributed by atoms with Crippen LogP contribution in [0.15, 0.2) is 18.2 Å². The van der Waals surface area contributed by atoms with Gasteiger partial charge in [-0.3, -0.25) is 9.69 Å². The van der Waals surface area contributed by atoms with Crippen molar-refractivity contribution in [3.8, 4) is 5.75 Å². The fourth-order valence-corrected chi connectivity index (χ4v) is 3.29. The van der Waals surface area contributed by atoms with E-state index in [1.54, 1.807) is 6.92 Å². The van der Waals surface area contributed by atoms with E-state index in [-0.39, 0.29) is 5.60 Å². The summed E-state index contributed by atoms with van der Waals surface area (Å²) in [5.41, 5.74) is 0.936. The van der Waals surface area contributed by atoms with Crippen LogP contribution in [0.5, 0.6) is 5.75 Å². The summed E-state index contributed by atoms with van der Waals surface area (Å²) in [6, 6.07) is 5.30. The molecule has 108 valence electrons. The minimum Gasteiger partial charge on any atom is -0.486 e. The number of rotatable bonds is 2. The largest absolute Gasteiger partial charge is 0.486 e. The first-order valence-electron chi connectivity index (χ1n) is 6.93. The first-order chi connectivity index (χ1) is 9.49. The Bertz CT molecular complexity index is 548. The molecule has 1 saturated heterocycles. The Balaban J connectivity index is 1.78. The molecule has 1 N–H and O–H groups in total. The predicted octanol–water partition coefficient (Wildman–Crippen LogP) is 2.58. The maximum absolute atomic E-state index is 11.1. The number of benzene rings is 1. The molecule has 0 amide bonds. The third kappa shape index (κ3) is 2.38. The fourth-order valence-electron chi connectivity index (χ4n) is 3.13. The van der Waals surface area contributed by atoms with Gasteiger partial charge in [-0.15, -0.1) is 0 Å². The van der Waals surface area contributed by atoms with Crippen molar-refractivity contribution >= 4 is 17.6 Å². The Labute approximate surface area is 123 Å². The van der Waals surface area contributed by atoms with Gasteiger partial charge in [-0.05, 0) is 37.5 Å². The van der Waals surface area contributed by atoms with Crippen LogP contribution in [0.4, 0.5) is 0 Å². The molecule has 2 heterocycles. The van der Waals surface area contributed by atoms with Crippen LogP contribution in [0.3, 0.4) is 0 Å². The molecule has 4 nitrogen and oxygen atoms in total. The van der Waals surface area contributed by atoms with E-state index in [9.17, 15) is 4.79 Å². The summed E-state index contributed by atoms with van der Waals surface area (Å²) in [4.78, 5) is 13.1. The molecule has 1 fully saturated rings. The van der Waals surface area contributed by atoms with Crippen molar-refractivity contribution in [1.29, 1.82) is 0 Å². The average molecular weight is 296 g/mol. The predicted molar refractivity (Wildman–Crippen MR) is 76.4 cm³/mol. The van der Waals surface area contributed by atoms with Gasteiger partial charge in [-0.2, -0.15) is 0 Å². The Morgan fingerprint density at radius 1 is 1.50 bits per heavy atom. The summed E-state index contributed by atoms with van der Waals surface area (Å²) in [7, 11) is 0. The van der Waals surface area contributed by atoms with E-state index in [1.165, 1.54) is 5.56 Å². The second kappa shape index (κ2) is 4.93. The van der Waals surface area contributed by atoms with Crippen LogP contribution in [0.25, 0.3) is 0 Å². The van der Waals surface area contributed by atoms with Gasteiger partial charge >= 0.3 is 5.97 Å². The highest BCUT2D eigenvalue weighted by Gasteiger charge is 2.44. The number of hydrogen-bond donors (Lipinski definition) is 1. The van der Waals surface area contributed by atoms with Crippen molar-refractivity contribution in [2.45, 2.75) is 37.8 Å². The summed E-state index contributed by atoms with van der Waals surface area (Å²) < 4.78 is 6.20. The minimum absolute atomic E-state index is 0.249. The van der Waals surface area contributed by atoms with Crippen LogP contribution in [-0.4, -0.2) is 40.7 Å². The number of aryl methyl sites for hydroxylation is 1. The van der Waals surface area contributed by atoms with Gasteiger partial charge in [0.1, 0.15) is 17.4 Å². The molecule has 2 aliphatic heterocycles. The number of nitrogens with zero attached hydrogens (tertiary/aromatic N) is 1. The van der Waals surface area contributed by atoms with E-state index >= 15 is 0 Å². The van der Waals surface area contributed by atoms with Crippen molar-refractivity contribution < 1.29 is 14.6 Å². The van der Waals surface area contributed by atoms with E-state index < -0.39 is 12.0 Å². The second-order valence-corrected chi connectivity index (χ2v) is 6.21. The first-order valence-corrected chi connectivity index (χ1v) is 7.31. The maximum Gasteiger partial charge on any atom is 0.320 e. The standard InChI is InChI=1S/C15H18ClNO3/c1-10(14(18)19)17-7-6-15(9-17)5-4-11-2-3-12(16)8-13(11)20-15/h2-3,8,10H,4-7,9H2,1H3,(H,18,19). The topological polar surface area (TPSA) is 49.8 Å². The van der Waals surface area contributed by atoms with Crippen molar-refractivity contribution in [2.24, 2.45) is 0 Å². The Kier molecular flexibility index (Phi) is 3.38. The lowest BCUT2D eigenvalue weighted by Crippen LogP contribution is -2.45. The van der Waals surface area contributed by atoms with E-state index in [4.69, 9.17) is 21.4 Å². The molecule has 0 aromatic heterocycles. The molecule has 5 heteroatoms. The van der Waals surface area contributed by atoms with Gasteiger partial charge in [0, 0.05) is 24.5 Å². The highest BCUT2D eigenvalue weighted by atomic mass is 35.5. The molecule has 0 aliphatic carbocycles. The Morgan fingerprint density at radius 2 is 2.30 bits per heavy atom. The molecule has 0 radical (unpaired) electrons. The lowest BCUT2D eigenvalue weighted by atomic mass is 9.90. The van der Waals surface area contributed by atoms with E-state index in [0.717, 1.165) is 31.6 Å². The van der Waals surface area contributed by atoms with Crippen LogP contribution < -0.4 is 4.74 Å². The van der Waals surface area contributed by atoms with Crippen LogP contribution in [-0.2, 0) is 11.2 Å². The zero-order chi connectivity index (χ0) is 14.3. The van der Waals surface area contributed by atoms with Gasteiger partial charge in [0.15, 0.2) is 0 Å². The van der Waals surface area contributed by atoms with Gasteiger partial charge < -0.3 is 9.84 Å². The number of aliphatic carboxylic acids is 1. The van der Waals surface area contributed by atoms with Gasteiger partial charge in [0.05, 0.1) is 0 Å². The Hall–Kier alpha value is -1.26. The summed E-state index contributed by atoms with van der Waals surface area (Å²) in [5, 5.41) is 9.80. The maximum atomic E-state index is 11.1. The number of ether oxygens (including phenoxy) is 1. The molecular formula is C15H18ClNO3. The van der Waals surface area contributed by atoms with Crippen molar-refractivity contribution in [3.63, 3.8) is 0 Å². The van der Waals surface area contributed by atoms with Gasteiger partial charge in [-0.25, -0.2) is 0 Å². The molecule has 20 heavy (non-hydrogen) atoms. The fraction of sp³-hybridized carbons (Fsp3) is 0.533. The molecule has 2 unspecified atom stereocenters. The number of hydrogen-bond acceptors (Lipinski definition) is 3. The van der Waals surface area contributed by atoms with Gasteiger partial charge in [0.25, 0.3) is 0 Å². The van der Waals surface area contributed by atoms with Crippen LogP contribution in [0.2, 0.25) is 5.02 Å². The third-order valence-electron chi connectivity index (χ3n) is 4.46. The number of halogens is 1. The van der Waals surface area contributed by atoms with Crippen LogP contribution in [0, 0.1) is 0 Å². The second-order valence-electron chi connectivity index (χ2n) is 5.77. The number of carboxylic acid groups (broad SMARTS) is 1. The quantitative estimate of drug-likeness (QED) is 0.911. The number of carboxylic acids is 1. The molecule has 1 aromatic rings. The lowest BCUT2D eigenvalue weighted by molar-refractivity contribution is -0.142. The smallest absolute Gasteiger partial charge is 0.320 e. The molecule has 2 aliphatic rings. The van der Waals surface area contributed by atoms with Gasteiger partial charge in [0.2, 0.25) is 0 Å². The molecule has 0 bridgehead atoms. The van der Waals surface area contributed by atoms with E-state index in [1.807, 2.05) is 23.1 Å². The summed E-state index contributed by atoms with van der Waals surface area (Å²) in [6.07, 6.45) is 2.77. The van der Waals surface area contributed by atoms with Gasteiger partial charge in [-0.1, -0.05) is 17.7 Å². The van der Waals surface area contributed by atoms with E-state index in [2.05, 4.69) is 0 Å². The molecule has 1 spiro atoms. The SMILES string of the molecule is CC(C(=O)O)N1CCC2(CCc3ccc(Cl)cc3O2)C1. The normalized spacial score (nSPS) is 27.1. The lowest BCUT2D eigenvalue weighted by Gasteiger charge is -2.36. The first kappa shape index (κ1) is 13.7. The van der Waals surface area contributed by atoms with E-state index in [0.29, 0.717) is 11.6 Å². The monoisotopic (exact) mass is 295 g/mol. The molecule has 0 saturated carbocycles. The zero-order valence-corrected chi connectivity index (χ0v) is 12.2. The van der Waals surface area contributed by atoms with Crippen molar-refractivity contribution in [3.05, 3.63) is 28.8 Å². The average Bonchev–Trinajstić information content (AvgIpc) is 2.81. The summed E-state index contributed by atoms with van der Waals surface area (Å²) >= 11 is 6.02. The molecule has 1 aromatic carbocycles. The third-order valence-corrected chi connectivity index (χ3v) is 4.69. The van der Waals surface area contributed by atoms with Crippen molar-refractivity contribution in [2.75, 3.05) is 13.1 Å². The highest BCUT2D eigenvalue weighted by molar-refractivity contribution is 6.30. The minimum atomic E-state index is -0.777. The number of carbonyl (C=O) groups is 1. The van der Waals surface area contributed by atoms with Crippen LogP contribution in [0.1, 0.15) is 25.3 Å². The zero-order valence-electron chi connectivity index (χ0n) is 11.4. The highest BCUT2D eigenvalue weighted by Crippen LogP contribution is 2.40. The Morgan fingerprint density at radius 3 is 3.05 bits per heavy atom. The summed E-state index contributed by atoms with van der Waals surface area (Å²) in [6.45, 7) is 3.17. The molecule has 3 rings (SSSR count). The van der Waals surface area contributed by atoms with Crippen molar-refractivity contribution in [1.82, 2.24) is 4.90 Å². The van der Waals surface area contributed by atoms with Crippen LogP contribution >= 0.6 is 11.6 Å². The number of fused-ring (bicyclic) bond motifs is 1. The molecule has 2 atom stereocenters. The molecular weight excluding hydrogens is 278 g/mol. The number of likely N-dealkylation sites (tertiary alicyclic amines) is 1. The summed E-state index contributed by atoms with van der Waals surface area (Å²) in [5.74, 6) is 0.0786.